The first kappa shape index (κ1) is 20.7. The summed E-state index contributed by atoms with van der Waals surface area (Å²) in [6.07, 6.45) is 3.38. The molecule has 0 spiro atoms. The van der Waals surface area contributed by atoms with Crippen molar-refractivity contribution >= 4 is 17.9 Å². The predicted molar refractivity (Wildman–Crippen MR) is 102 cm³/mol. The molecular formula is C20H29N3O4. The molecule has 7 nitrogen and oxygen atoms in total. The Morgan fingerprint density at radius 1 is 1.07 bits per heavy atom. The number of rotatable bonds is 7. The monoisotopic (exact) mass is 375 g/mol. The number of nitrogens with one attached hydrogen (secondary N) is 3. The van der Waals surface area contributed by atoms with Gasteiger partial charge < -0.3 is 20.7 Å². The molecule has 0 aliphatic heterocycles. The van der Waals surface area contributed by atoms with Crippen LogP contribution in [0.4, 0.5) is 4.79 Å². The molecule has 0 aromatic heterocycles. The third kappa shape index (κ3) is 6.92. The largest absolute Gasteiger partial charge is 0.449 e. The topological polar surface area (TPSA) is 96.5 Å². The molecule has 1 aliphatic carbocycles. The first-order valence-corrected chi connectivity index (χ1v) is 9.50. The summed E-state index contributed by atoms with van der Waals surface area (Å²) in [5.41, 5.74) is 1.23. The van der Waals surface area contributed by atoms with E-state index in [9.17, 15) is 14.4 Å². The van der Waals surface area contributed by atoms with Crippen LogP contribution in [0.15, 0.2) is 24.3 Å². The van der Waals surface area contributed by atoms with Crippen LogP contribution in [-0.2, 0) is 16.1 Å². The van der Waals surface area contributed by atoms with Crippen LogP contribution in [0, 0.1) is 0 Å². The number of esters is 1. The van der Waals surface area contributed by atoms with E-state index < -0.39 is 12.1 Å². The Labute approximate surface area is 160 Å². The molecule has 148 valence electrons. The fourth-order valence-electron chi connectivity index (χ4n) is 2.93. The lowest BCUT2D eigenvalue weighted by molar-refractivity contribution is -0.129. The third-order valence-corrected chi connectivity index (χ3v) is 4.42. The molecule has 1 fully saturated rings. The molecule has 1 aromatic carbocycles. The predicted octanol–water partition coefficient (Wildman–Crippen LogP) is 2.50. The maximum absolute atomic E-state index is 12.2. The van der Waals surface area contributed by atoms with Crippen LogP contribution in [0.3, 0.4) is 0 Å². The Balaban J connectivity index is 1.80. The second kappa shape index (κ2) is 9.94. The molecule has 1 atom stereocenters. The average molecular weight is 375 g/mol. The molecule has 2 rings (SSSR count). The molecule has 0 unspecified atom stereocenters. The highest BCUT2D eigenvalue weighted by Gasteiger charge is 2.23. The van der Waals surface area contributed by atoms with Gasteiger partial charge in [0.2, 0.25) is 0 Å². The number of hydrogen-bond acceptors (Lipinski definition) is 4. The van der Waals surface area contributed by atoms with E-state index in [2.05, 4.69) is 16.0 Å². The van der Waals surface area contributed by atoms with Crippen LogP contribution >= 0.6 is 0 Å². The van der Waals surface area contributed by atoms with Gasteiger partial charge in [-0.05, 0) is 51.3 Å². The quantitative estimate of drug-likeness (QED) is 0.638. The molecule has 1 aliphatic rings. The number of benzene rings is 1. The molecule has 0 heterocycles. The molecule has 7 heteroatoms. The van der Waals surface area contributed by atoms with Gasteiger partial charge in [0.15, 0.2) is 6.10 Å². The highest BCUT2D eigenvalue weighted by atomic mass is 16.5. The summed E-state index contributed by atoms with van der Waals surface area (Å²) in [6.45, 7) is 5.70. The van der Waals surface area contributed by atoms with Crippen LogP contribution in [0.2, 0.25) is 0 Å². The van der Waals surface area contributed by atoms with E-state index in [0.717, 1.165) is 31.2 Å². The lowest BCUT2D eigenvalue weighted by Crippen LogP contribution is -2.40. The summed E-state index contributed by atoms with van der Waals surface area (Å²) in [5, 5.41) is 8.40. The van der Waals surface area contributed by atoms with Crippen molar-refractivity contribution in [2.24, 2.45) is 0 Å². The summed E-state index contributed by atoms with van der Waals surface area (Å²) in [7, 11) is 0. The maximum atomic E-state index is 12.2. The van der Waals surface area contributed by atoms with Gasteiger partial charge in [0.05, 0.1) is 5.56 Å². The van der Waals surface area contributed by atoms with Gasteiger partial charge in [0, 0.05) is 18.6 Å². The lowest BCUT2D eigenvalue weighted by atomic mass is 10.1. The Hall–Kier alpha value is -2.57. The number of urea groups is 1. The maximum Gasteiger partial charge on any atom is 0.338 e. The Kier molecular flexibility index (Phi) is 7.64. The normalized spacial score (nSPS) is 15.3. The minimum absolute atomic E-state index is 0.0648. The van der Waals surface area contributed by atoms with Crippen molar-refractivity contribution in [2.75, 3.05) is 0 Å². The van der Waals surface area contributed by atoms with E-state index in [1.165, 1.54) is 0 Å². The van der Waals surface area contributed by atoms with Gasteiger partial charge in [-0.2, -0.15) is 0 Å². The zero-order valence-corrected chi connectivity index (χ0v) is 16.2. The molecule has 0 radical (unpaired) electrons. The van der Waals surface area contributed by atoms with E-state index >= 15 is 0 Å². The van der Waals surface area contributed by atoms with Crippen LogP contribution in [-0.4, -0.2) is 36.1 Å². The number of hydrogen-bond donors (Lipinski definition) is 3. The summed E-state index contributed by atoms with van der Waals surface area (Å²) >= 11 is 0. The summed E-state index contributed by atoms with van der Waals surface area (Å²) in [4.78, 5) is 35.9. The SMILES string of the molecule is CC(C)NC(=O)NCc1ccc(C(=O)O[C@H](C)C(=O)NC2CCCC2)cc1. The van der Waals surface area contributed by atoms with Crippen molar-refractivity contribution in [3.05, 3.63) is 35.4 Å². The van der Waals surface area contributed by atoms with Crippen LogP contribution in [0.25, 0.3) is 0 Å². The lowest BCUT2D eigenvalue weighted by Gasteiger charge is -2.17. The summed E-state index contributed by atoms with van der Waals surface area (Å²) in [6, 6.07) is 6.76. The molecule has 1 saturated carbocycles. The van der Waals surface area contributed by atoms with Gasteiger partial charge in [0.25, 0.3) is 5.91 Å². The molecule has 0 bridgehead atoms. The highest BCUT2D eigenvalue weighted by Crippen LogP contribution is 2.18. The minimum Gasteiger partial charge on any atom is -0.449 e. The van der Waals surface area contributed by atoms with E-state index in [1.54, 1.807) is 31.2 Å². The molecular weight excluding hydrogens is 346 g/mol. The molecule has 3 amide bonds. The van der Waals surface area contributed by atoms with Crippen LogP contribution in [0.1, 0.15) is 62.4 Å². The fourth-order valence-corrected chi connectivity index (χ4v) is 2.93. The molecule has 3 N–H and O–H groups in total. The van der Waals surface area contributed by atoms with Crippen molar-refractivity contribution in [1.82, 2.24) is 16.0 Å². The van der Waals surface area contributed by atoms with Crippen molar-refractivity contribution in [3.63, 3.8) is 0 Å². The molecule has 27 heavy (non-hydrogen) atoms. The van der Waals surface area contributed by atoms with Gasteiger partial charge in [-0.1, -0.05) is 25.0 Å². The zero-order valence-electron chi connectivity index (χ0n) is 16.2. The summed E-state index contributed by atoms with van der Waals surface area (Å²) in [5.74, 6) is -0.798. The van der Waals surface area contributed by atoms with Crippen LogP contribution in [0.5, 0.6) is 0 Å². The standard InChI is InChI=1S/C20H29N3O4/c1-13(2)22-20(26)21-12-15-8-10-16(11-9-15)19(25)27-14(3)18(24)23-17-6-4-5-7-17/h8-11,13-14,17H,4-7,12H2,1-3H3,(H,23,24)(H2,21,22,26)/t14-/m1/s1. The Morgan fingerprint density at radius 3 is 2.30 bits per heavy atom. The smallest absolute Gasteiger partial charge is 0.338 e. The average Bonchev–Trinajstić information content (AvgIpc) is 3.12. The number of ether oxygens (including phenoxy) is 1. The zero-order chi connectivity index (χ0) is 19.8. The second-order valence-electron chi connectivity index (χ2n) is 7.22. The van der Waals surface area contributed by atoms with Gasteiger partial charge in [-0.3, -0.25) is 4.79 Å². The van der Waals surface area contributed by atoms with E-state index in [1.807, 2.05) is 13.8 Å². The van der Waals surface area contributed by atoms with Crippen molar-refractivity contribution in [2.45, 2.75) is 71.2 Å². The van der Waals surface area contributed by atoms with E-state index in [4.69, 9.17) is 4.74 Å². The highest BCUT2D eigenvalue weighted by molar-refractivity contribution is 5.92. The second-order valence-corrected chi connectivity index (χ2v) is 7.22. The summed E-state index contributed by atoms with van der Waals surface area (Å²) < 4.78 is 5.26. The Bertz CT molecular complexity index is 652. The fraction of sp³-hybridized carbons (Fsp3) is 0.550. The molecule has 0 saturated heterocycles. The van der Waals surface area contributed by atoms with Gasteiger partial charge in [-0.25, -0.2) is 9.59 Å². The van der Waals surface area contributed by atoms with Crippen LogP contribution < -0.4 is 16.0 Å². The van der Waals surface area contributed by atoms with Crippen molar-refractivity contribution in [3.8, 4) is 0 Å². The Morgan fingerprint density at radius 2 is 1.70 bits per heavy atom. The first-order chi connectivity index (χ1) is 12.8. The van der Waals surface area contributed by atoms with Gasteiger partial charge >= 0.3 is 12.0 Å². The van der Waals surface area contributed by atoms with Gasteiger partial charge in [0.1, 0.15) is 0 Å². The van der Waals surface area contributed by atoms with Crippen molar-refractivity contribution < 1.29 is 19.1 Å². The first-order valence-electron chi connectivity index (χ1n) is 9.50. The van der Waals surface area contributed by atoms with E-state index in [-0.39, 0.29) is 24.0 Å². The number of carbonyl (C=O) groups is 3. The molecule has 1 aromatic rings. The number of carbonyl (C=O) groups excluding carboxylic acids is 3. The van der Waals surface area contributed by atoms with Gasteiger partial charge in [-0.15, -0.1) is 0 Å². The number of amides is 3. The third-order valence-electron chi connectivity index (χ3n) is 4.42. The van der Waals surface area contributed by atoms with E-state index in [0.29, 0.717) is 12.1 Å². The van der Waals surface area contributed by atoms with Crippen molar-refractivity contribution in [1.29, 1.82) is 0 Å². The minimum atomic E-state index is -0.834.